The fraction of sp³-hybridized carbons (Fsp3) is 0.300. The van der Waals surface area contributed by atoms with E-state index in [0.29, 0.717) is 11.3 Å². The Bertz CT molecular complexity index is 788. The molecule has 0 aliphatic carbocycles. The van der Waals surface area contributed by atoms with Gasteiger partial charge in [-0.05, 0) is 49.6 Å². The minimum absolute atomic E-state index is 0.0246. The second-order valence-corrected chi connectivity index (χ2v) is 6.20. The quantitative estimate of drug-likeness (QED) is 0.892. The third kappa shape index (κ3) is 4.59. The van der Waals surface area contributed by atoms with E-state index in [4.69, 9.17) is 4.74 Å². The molecule has 6 heteroatoms. The molecule has 0 saturated carbocycles. The van der Waals surface area contributed by atoms with Gasteiger partial charge in [0.2, 0.25) is 0 Å². The molecule has 1 aliphatic rings. The molecule has 0 spiro atoms. The van der Waals surface area contributed by atoms with Crippen LogP contribution in [0.3, 0.4) is 0 Å². The van der Waals surface area contributed by atoms with Crippen molar-refractivity contribution in [1.29, 1.82) is 0 Å². The van der Waals surface area contributed by atoms with Crippen LogP contribution in [0.5, 0.6) is 5.75 Å². The Hall–Kier alpha value is -2.89. The van der Waals surface area contributed by atoms with E-state index in [-0.39, 0.29) is 18.3 Å². The molecule has 1 fully saturated rings. The van der Waals surface area contributed by atoms with Crippen LogP contribution in [-0.4, -0.2) is 36.4 Å². The van der Waals surface area contributed by atoms with E-state index < -0.39 is 11.7 Å². The minimum Gasteiger partial charge on any atom is -0.481 e. The summed E-state index contributed by atoms with van der Waals surface area (Å²) in [4.78, 5) is 26.4. The number of nitrogens with one attached hydrogen (secondary N) is 1. The highest BCUT2D eigenvalue weighted by molar-refractivity contribution is 5.97. The van der Waals surface area contributed by atoms with Crippen molar-refractivity contribution in [3.8, 4) is 5.75 Å². The first-order valence-corrected chi connectivity index (χ1v) is 8.70. The number of anilines is 1. The number of hydrogen-bond donors (Lipinski definition) is 1. The Balaban J connectivity index is 1.58. The van der Waals surface area contributed by atoms with Crippen LogP contribution >= 0.6 is 0 Å². The van der Waals surface area contributed by atoms with Crippen molar-refractivity contribution >= 4 is 17.5 Å². The first-order chi connectivity index (χ1) is 12.6. The second-order valence-electron chi connectivity index (χ2n) is 6.20. The number of carbonyl (C=O) groups is 2. The molecule has 0 unspecified atom stereocenters. The second kappa shape index (κ2) is 8.47. The Labute approximate surface area is 151 Å². The number of nitrogens with zero attached hydrogens (tertiary/aromatic N) is 1. The van der Waals surface area contributed by atoms with Crippen LogP contribution in [0.2, 0.25) is 0 Å². The van der Waals surface area contributed by atoms with Gasteiger partial charge in [-0.1, -0.05) is 18.2 Å². The molecule has 1 saturated heterocycles. The number of halogens is 1. The summed E-state index contributed by atoms with van der Waals surface area (Å²) >= 11 is 0. The predicted octanol–water partition coefficient (Wildman–Crippen LogP) is 3.47. The Morgan fingerprint density at radius 1 is 1.04 bits per heavy atom. The van der Waals surface area contributed by atoms with Crippen molar-refractivity contribution in [3.05, 3.63) is 59.9 Å². The standard InChI is InChI=1S/C20H21FN2O3/c21-17-9-2-3-10-18(17)26-14-19(24)22-16-8-6-7-15(13-16)20(25)23-11-4-1-5-12-23/h2-3,6-10,13H,1,4-5,11-12,14H2,(H,22,24). The third-order valence-electron chi connectivity index (χ3n) is 4.23. The van der Waals surface area contributed by atoms with Gasteiger partial charge in [0.1, 0.15) is 0 Å². The van der Waals surface area contributed by atoms with Crippen LogP contribution in [0.15, 0.2) is 48.5 Å². The maximum absolute atomic E-state index is 13.5. The maximum atomic E-state index is 13.5. The largest absolute Gasteiger partial charge is 0.481 e. The van der Waals surface area contributed by atoms with Crippen LogP contribution < -0.4 is 10.1 Å². The number of likely N-dealkylation sites (tertiary alicyclic amines) is 1. The molecule has 0 atom stereocenters. The number of benzene rings is 2. The number of rotatable bonds is 5. The Kier molecular flexibility index (Phi) is 5.84. The smallest absolute Gasteiger partial charge is 0.262 e. The highest BCUT2D eigenvalue weighted by Gasteiger charge is 2.18. The summed E-state index contributed by atoms with van der Waals surface area (Å²) in [5, 5.41) is 2.67. The zero-order chi connectivity index (χ0) is 18.4. The van der Waals surface area contributed by atoms with Gasteiger partial charge in [0.15, 0.2) is 18.2 Å². The van der Waals surface area contributed by atoms with Crippen molar-refractivity contribution in [3.63, 3.8) is 0 Å². The van der Waals surface area contributed by atoms with E-state index in [1.54, 1.807) is 36.4 Å². The summed E-state index contributed by atoms with van der Waals surface area (Å²) in [6.45, 7) is 1.23. The van der Waals surface area contributed by atoms with Gasteiger partial charge in [0.05, 0.1) is 0 Å². The molecular formula is C20H21FN2O3. The first-order valence-electron chi connectivity index (χ1n) is 8.70. The molecule has 0 bridgehead atoms. The van der Waals surface area contributed by atoms with Gasteiger partial charge in [-0.25, -0.2) is 4.39 Å². The Morgan fingerprint density at radius 2 is 1.81 bits per heavy atom. The van der Waals surface area contributed by atoms with E-state index in [9.17, 15) is 14.0 Å². The molecule has 0 radical (unpaired) electrons. The molecule has 136 valence electrons. The summed E-state index contributed by atoms with van der Waals surface area (Å²) in [7, 11) is 0. The van der Waals surface area contributed by atoms with E-state index in [1.165, 1.54) is 12.1 Å². The topological polar surface area (TPSA) is 58.6 Å². The lowest BCUT2D eigenvalue weighted by molar-refractivity contribution is -0.118. The predicted molar refractivity (Wildman–Crippen MR) is 96.7 cm³/mol. The van der Waals surface area contributed by atoms with Crippen LogP contribution in [0.4, 0.5) is 10.1 Å². The van der Waals surface area contributed by atoms with E-state index in [0.717, 1.165) is 32.4 Å². The van der Waals surface area contributed by atoms with Gasteiger partial charge in [0.25, 0.3) is 11.8 Å². The number of para-hydroxylation sites is 1. The van der Waals surface area contributed by atoms with Gasteiger partial charge in [0, 0.05) is 24.3 Å². The minimum atomic E-state index is -0.519. The summed E-state index contributed by atoms with van der Waals surface area (Å²) in [6, 6.07) is 12.7. The van der Waals surface area contributed by atoms with Gasteiger partial charge in [-0.2, -0.15) is 0 Å². The third-order valence-corrected chi connectivity index (χ3v) is 4.23. The van der Waals surface area contributed by atoms with Crippen LogP contribution in [0.25, 0.3) is 0 Å². The Morgan fingerprint density at radius 3 is 2.58 bits per heavy atom. The van der Waals surface area contributed by atoms with Crippen molar-refractivity contribution in [1.82, 2.24) is 4.90 Å². The van der Waals surface area contributed by atoms with Gasteiger partial charge >= 0.3 is 0 Å². The van der Waals surface area contributed by atoms with Gasteiger partial charge < -0.3 is 15.0 Å². The molecule has 26 heavy (non-hydrogen) atoms. The molecule has 1 aliphatic heterocycles. The number of carbonyl (C=O) groups excluding carboxylic acids is 2. The molecular weight excluding hydrogens is 335 g/mol. The number of amides is 2. The van der Waals surface area contributed by atoms with Crippen LogP contribution in [-0.2, 0) is 4.79 Å². The average Bonchev–Trinajstić information content (AvgIpc) is 2.68. The number of hydrogen-bond acceptors (Lipinski definition) is 3. The molecule has 5 nitrogen and oxygen atoms in total. The maximum Gasteiger partial charge on any atom is 0.262 e. The summed E-state index contributed by atoms with van der Waals surface area (Å²) in [5.74, 6) is -0.940. The summed E-state index contributed by atoms with van der Waals surface area (Å²) < 4.78 is 18.7. The fourth-order valence-electron chi connectivity index (χ4n) is 2.91. The van der Waals surface area contributed by atoms with Crippen molar-refractivity contribution < 1.29 is 18.7 Å². The first kappa shape index (κ1) is 17.9. The van der Waals surface area contributed by atoms with Crippen LogP contribution in [0, 0.1) is 5.82 Å². The lowest BCUT2D eigenvalue weighted by atomic mass is 10.1. The summed E-state index contributed by atoms with van der Waals surface area (Å²) in [5.41, 5.74) is 1.05. The molecule has 3 rings (SSSR count). The zero-order valence-electron chi connectivity index (χ0n) is 14.4. The summed E-state index contributed by atoms with van der Waals surface area (Å²) in [6.07, 6.45) is 3.20. The lowest BCUT2D eigenvalue weighted by Crippen LogP contribution is -2.35. The monoisotopic (exact) mass is 356 g/mol. The van der Waals surface area contributed by atoms with Crippen LogP contribution in [0.1, 0.15) is 29.6 Å². The van der Waals surface area contributed by atoms with Crippen molar-refractivity contribution in [2.45, 2.75) is 19.3 Å². The zero-order valence-corrected chi connectivity index (χ0v) is 14.4. The molecule has 2 aromatic carbocycles. The van der Waals surface area contributed by atoms with Crippen molar-refractivity contribution in [2.75, 3.05) is 25.0 Å². The number of ether oxygens (including phenoxy) is 1. The molecule has 1 heterocycles. The normalized spacial score (nSPS) is 14.0. The van der Waals surface area contributed by atoms with E-state index in [1.807, 2.05) is 4.90 Å². The molecule has 0 aromatic heterocycles. The highest BCUT2D eigenvalue weighted by atomic mass is 19.1. The fourth-order valence-corrected chi connectivity index (χ4v) is 2.91. The molecule has 2 amide bonds. The highest BCUT2D eigenvalue weighted by Crippen LogP contribution is 2.17. The van der Waals surface area contributed by atoms with Gasteiger partial charge in [-0.3, -0.25) is 9.59 Å². The number of piperidine rings is 1. The van der Waals surface area contributed by atoms with E-state index >= 15 is 0 Å². The van der Waals surface area contributed by atoms with E-state index in [2.05, 4.69) is 5.32 Å². The lowest BCUT2D eigenvalue weighted by Gasteiger charge is -2.26. The molecule has 1 N–H and O–H groups in total. The SMILES string of the molecule is O=C(COc1ccccc1F)Nc1cccc(C(=O)N2CCCCC2)c1. The van der Waals surface area contributed by atoms with Gasteiger partial charge in [-0.15, -0.1) is 0 Å². The average molecular weight is 356 g/mol. The van der Waals surface area contributed by atoms with Crippen molar-refractivity contribution in [2.24, 2.45) is 0 Å². The molecule has 2 aromatic rings.